The van der Waals surface area contributed by atoms with E-state index in [-0.39, 0.29) is 5.97 Å². The summed E-state index contributed by atoms with van der Waals surface area (Å²) in [7, 11) is 3.24. The van der Waals surface area contributed by atoms with Gasteiger partial charge in [0, 0.05) is 18.6 Å². The molecule has 0 aromatic heterocycles. The van der Waals surface area contributed by atoms with E-state index in [2.05, 4.69) is 12.1 Å². The topological polar surface area (TPSA) is 44.8 Å². The van der Waals surface area contributed by atoms with Crippen molar-refractivity contribution in [3.05, 3.63) is 59.7 Å². The molecule has 0 saturated carbocycles. The van der Waals surface area contributed by atoms with Gasteiger partial charge in [0.05, 0.1) is 14.2 Å². The van der Waals surface area contributed by atoms with Crippen LogP contribution in [0.5, 0.6) is 11.5 Å². The van der Waals surface area contributed by atoms with Crippen molar-refractivity contribution in [2.75, 3.05) is 25.7 Å². The zero-order valence-electron chi connectivity index (χ0n) is 15.8. The maximum Gasteiger partial charge on any atom is 0.303 e. The summed E-state index contributed by atoms with van der Waals surface area (Å²) in [6, 6.07) is 16.0. The van der Waals surface area contributed by atoms with E-state index in [1.807, 2.05) is 59.9 Å². The summed E-state index contributed by atoms with van der Waals surface area (Å²) < 4.78 is 16.4. The number of benzene rings is 2. The van der Waals surface area contributed by atoms with Crippen molar-refractivity contribution in [1.29, 1.82) is 0 Å². The highest BCUT2D eigenvalue weighted by atomic mass is 32.2. The van der Waals surface area contributed by atoms with Crippen molar-refractivity contribution in [2.24, 2.45) is 0 Å². The molecule has 144 valence electrons. The van der Waals surface area contributed by atoms with Gasteiger partial charge in [-0.15, -0.1) is 23.5 Å². The van der Waals surface area contributed by atoms with Gasteiger partial charge in [-0.25, -0.2) is 0 Å². The Morgan fingerprint density at radius 1 is 1.00 bits per heavy atom. The van der Waals surface area contributed by atoms with E-state index < -0.39 is 10.2 Å². The van der Waals surface area contributed by atoms with Gasteiger partial charge in [0.15, 0.2) is 6.10 Å². The highest BCUT2D eigenvalue weighted by molar-refractivity contribution is 8.18. The lowest BCUT2D eigenvalue weighted by Gasteiger charge is -2.42. The summed E-state index contributed by atoms with van der Waals surface area (Å²) in [5.74, 6) is 3.08. The number of esters is 1. The minimum absolute atomic E-state index is 0.302. The minimum atomic E-state index is -0.461. The van der Waals surface area contributed by atoms with E-state index in [1.54, 1.807) is 14.2 Å². The number of thioether (sulfide) groups is 2. The summed E-state index contributed by atoms with van der Waals surface area (Å²) in [5, 5.41) is 0. The molecule has 1 aliphatic rings. The van der Waals surface area contributed by atoms with E-state index in [9.17, 15) is 4.79 Å². The summed E-state index contributed by atoms with van der Waals surface area (Å²) in [6.07, 6.45) is 0.676. The maximum atomic E-state index is 12.0. The highest BCUT2D eigenvalue weighted by Crippen LogP contribution is 2.59. The first-order valence-corrected chi connectivity index (χ1v) is 10.8. The van der Waals surface area contributed by atoms with Gasteiger partial charge in [-0.3, -0.25) is 4.79 Å². The van der Waals surface area contributed by atoms with Crippen molar-refractivity contribution >= 4 is 29.5 Å². The van der Waals surface area contributed by atoms with Gasteiger partial charge in [-0.2, -0.15) is 0 Å². The molecule has 1 unspecified atom stereocenters. The fraction of sp³-hybridized carbons (Fsp3) is 0.381. The number of methoxy groups -OCH3 is 2. The average molecular weight is 405 g/mol. The standard InChI is InChI=1S/C21H24O4S2/c1-15(22)25-20(16-12-18(23-2)14-19(13-16)24-3)21(26-10-7-11-27-21)17-8-5-4-6-9-17/h4-6,8-9,12-14,20H,7,10-11H2,1-3H3. The lowest BCUT2D eigenvalue weighted by atomic mass is 9.99. The number of rotatable bonds is 6. The summed E-state index contributed by atoms with van der Waals surface area (Å²) in [4.78, 5) is 12.0. The average Bonchev–Trinajstić information content (AvgIpc) is 2.72. The summed E-state index contributed by atoms with van der Waals surface area (Å²) in [5.41, 5.74) is 2.01. The van der Waals surface area contributed by atoms with Crippen LogP contribution in [0.1, 0.15) is 30.6 Å². The van der Waals surface area contributed by atoms with Crippen LogP contribution in [0.2, 0.25) is 0 Å². The second kappa shape index (κ2) is 8.93. The summed E-state index contributed by atoms with van der Waals surface area (Å²) >= 11 is 3.68. The molecule has 27 heavy (non-hydrogen) atoms. The molecular weight excluding hydrogens is 380 g/mol. The molecule has 6 heteroatoms. The molecular formula is C21H24O4S2. The third-order valence-electron chi connectivity index (χ3n) is 4.40. The van der Waals surface area contributed by atoms with Crippen molar-refractivity contribution in [3.8, 4) is 11.5 Å². The molecule has 3 rings (SSSR count). The summed E-state index contributed by atoms with van der Waals surface area (Å²) in [6.45, 7) is 1.46. The van der Waals surface area contributed by atoms with E-state index in [0.717, 1.165) is 29.1 Å². The van der Waals surface area contributed by atoms with E-state index in [1.165, 1.54) is 6.92 Å². The van der Waals surface area contributed by atoms with Crippen LogP contribution in [0.25, 0.3) is 0 Å². The smallest absolute Gasteiger partial charge is 0.303 e. The molecule has 0 spiro atoms. The second-order valence-electron chi connectivity index (χ2n) is 6.22. The molecule has 0 amide bonds. The zero-order chi connectivity index (χ0) is 19.3. The lowest BCUT2D eigenvalue weighted by molar-refractivity contribution is -0.147. The molecule has 1 aliphatic heterocycles. The molecule has 1 fully saturated rings. The molecule has 1 saturated heterocycles. The first-order chi connectivity index (χ1) is 13.1. The van der Waals surface area contributed by atoms with Gasteiger partial charge < -0.3 is 14.2 Å². The lowest BCUT2D eigenvalue weighted by Crippen LogP contribution is -2.33. The van der Waals surface area contributed by atoms with Gasteiger partial charge in [0.25, 0.3) is 0 Å². The molecule has 0 aliphatic carbocycles. The monoisotopic (exact) mass is 404 g/mol. The van der Waals surface area contributed by atoms with Crippen LogP contribution in [0, 0.1) is 0 Å². The van der Waals surface area contributed by atoms with E-state index in [0.29, 0.717) is 11.5 Å². The zero-order valence-corrected chi connectivity index (χ0v) is 17.4. The van der Waals surface area contributed by atoms with Gasteiger partial charge in [0.2, 0.25) is 0 Å². The molecule has 2 aromatic rings. The van der Waals surface area contributed by atoms with E-state index >= 15 is 0 Å². The maximum absolute atomic E-state index is 12.0. The van der Waals surface area contributed by atoms with Crippen molar-refractivity contribution < 1.29 is 19.0 Å². The number of hydrogen-bond donors (Lipinski definition) is 0. The van der Waals surface area contributed by atoms with Crippen LogP contribution < -0.4 is 9.47 Å². The number of carbonyl (C=O) groups excluding carboxylic acids is 1. The minimum Gasteiger partial charge on any atom is -0.497 e. The molecule has 1 heterocycles. The Bertz CT molecular complexity index is 751. The first-order valence-electron chi connectivity index (χ1n) is 8.82. The Morgan fingerprint density at radius 2 is 1.59 bits per heavy atom. The van der Waals surface area contributed by atoms with Crippen LogP contribution in [0.15, 0.2) is 48.5 Å². The second-order valence-corrected chi connectivity index (χ2v) is 9.16. The Hall–Kier alpha value is -1.79. The normalized spacial score (nSPS) is 17.0. The largest absolute Gasteiger partial charge is 0.497 e. The van der Waals surface area contributed by atoms with Crippen molar-refractivity contribution in [1.82, 2.24) is 0 Å². The van der Waals surface area contributed by atoms with Crippen LogP contribution in [0.4, 0.5) is 0 Å². The Kier molecular flexibility index (Phi) is 6.60. The molecule has 2 aromatic carbocycles. The first kappa shape index (κ1) is 20.0. The molecule has 0 radical (unpaired) electrons. The highest BCUT2D eigenvalue weighted by Gasteiger charge is 2.46. The van der Waals surface area contributed by atoms with Gasteiger partial charge in [-0.05, 0) is 35.6 Å². The van der Waals surface area contributed by atoms with Crippen LogP contribution >= 0.6 is 23.5 Å². The fourth-order valence-corrected chi connectivity index (χ4v) is 6.68. The Labute approximate surface area is 169 Å². The Balaban J connectivity index is 2.16. The van der Waals surface area contributed by atoms with Gasteiger partial charge >= 0.3 is 5.97 Å². The van der Waals surface area contributed by atoms with Crippen molar-refractivity contribution in [2.45, 2.75) is 23.5 Å². The van der Waals surface area contributed by atoms with Crippen LogP contribution in [0.3, 0.4) is 0 Å². The number of hydrogen-bond acceptors (Lipinski definition) is 6. The predicted octanol–water partition coefficient (Wildman–Crippen LogP) is 5.03. The Morgan fingerprint density at radius 3 is 2.11 bits per heavy atom. The molecule has 1 atom stereocenters. The predicted molar refractivity (Wildman–Crippen MR) is 112 cm³/mol. The molecule has 4 nitrogen and oxygen atoms in total. The SMILES string of the molecule is COc1cc(OC)cc(C(OC(C)=O)C2(c3ccccc3)SCCCS2)c1. The third kappa shape index (κ3) is 4.38. The van der Waals surface area contributed by atoms with Crippen LogP contribution in [-0.2, 0) is 13.6 Å². The molecule has 0 bridgehead atoms. The number of ether oxygens (including phenoxy) is 3. The molecule has 0 N–H and O–H groups in total. The van der Waals surface area contributed by atoms with E-state index in [4.69, 9.17) is 14.2 Å². The van der Waals surface area contributed by atoms with Gasteiger partial charge in [-0.1, -0.05) is 30.3 Å². The van der Waals surface area contributed by atoms with Crippen LogP contribution in [-0.4, -0.2) is 31.7 Å². The van der Waals surface area contributed by atoms with Gasteiger partial charge in [0.1, 0.15) is 15.6 Å². The van der Waals surface area contributed by atoms with Crippen molar-refractivity contribution in [3.63, 3.8) is 0 Å². The number of carbonyl (C=O) groups is 1. The fourth-order valence-electron chi connectivity index (χ4n) is 3.20. The quantitative estimate of drug-likeness (QED) is 0.629. The third-order valence-corrected chi connectivity index (χ3v) is 7.85.